The quantitative estimate of drug-likeness (QED) is 0.254. The van der Waals surface area contributed by atoms with E-state index in [4.69, 9.17) is 5.41 Å². The molecule has 1 nitrogen and oxygen atoms in total. The van der Waals surface area contributed by atoms with Crippen molar-refractivity contribution in [3.63, 3.8) is 0 Å². The predicted molar refractivity (Wildman–Crippen MR) is 27.6 cm³/mol. The van der Waals surface area contributed by atoms with Crippen molar-refractivity contribution in [1.82, 2.24) is 0 Å². The Kier molecular flexibility index (Phi) is 1.46. The minimum Gasteiger partial charge on any atom is -0.321 e. The molecular weight excluding hydrogens is 82.2 g/mol. The molecule has 0 spiro atoms. The molecule has 3 heteroatoms. The maximum Gasteiger partial charge on any atom is 0.0491 e. The summed E-state index contributed by atoms with van der Waals surface area (Å²) < 4.78 is 0. The zero-order chi connectivity index (χ0) is 3.58. The van der Waals surface area contributed by atoms with Crippen molar-refractivity contribution in [3.05, 3.63) is 0 Å². The Morgan fingerprint density at radius 2 is 1.50 bits per heavy atom. The Morgan fingerprint density at radius 3 is 1.50 bits per heavy atom. The fourth-order valence-electron chi connectivity index (χ4n) is 0. The third-order valence-electron chi connectivity index (χ3n) is 0. The maximum atomic E-state index is 6.62. The first-order valence-corrected chi connectivity index (χ1v) is 3.25. The van der Waals surface area contributed by atoms with E-state index in [9.17, 15) is 0 Å². The van der Waals surface area contributed by atoms with E-state index in [0.717, 1.165) is 25.4 Å². The van der Waals surface area contributed by atoms with Gasteiger partial charge < -0.3 is 5.41 Å². The second-order valence-electron chi connectivity index (χ2n) is 1.00. The Balaban J connectivity index is 2.80. The zero-order valence-corrected chi connectivity index (χ0v) is 7.00. The van der Waals surface area contributed by atoms with Crippen LogP contribution >= 0.6 is 0 Å². The molecule has 24 valence electrons. The van der Waals surface area contributed by atoms with E-state index >= 15 is 0 Å². The lowest BCUT2D eigenvalue weighted by Crippen LogP contribution is -1.87. The molecule has 0 aromatic carbocycles. The standard InChI is InChI=1S/CH7NSi2/c2-1(3)4/h2H,3-4H3. The van der Waals surface area contributed by atoms with Crippen LogP contribution in [0.1, 0.15) is 0 Å². The summed E-state index contributed by atoms with van der Waals surface area (Å²) in [5.74, 6) is 0. The molecule has 0 unspecified atom stereocenters. The topological polar surface area (TPSA) is 23.9 Å². The molecule has 0 aliphatic carbocycles. The minimum atomic E-state index is 0.944. The zero-order valence-electron chi connectivity index (χ0n) is 3.00. The second-order valence-corrected chi connectivity index (χ2v) is 6.00. The van der Waals surface area contributed by atoms with Crippen molar-refractivity contribution in [2.45, 2.75) is 0 Å². The first-order chi connectivity index (χ1) is 1.73. The first-order valence-electron chi connectivity index (χ1n) is 1.25. The van der Waals surface area contributed by atoms with Crippen LogP contribution < -0.4 is 0 Å². The van der Waals surface area contributed by atoms with E-state index in [-0.39, 0.29) is 0 Å². The van der Waals surface area contributed by atoms with Gasteiger partial charge in [0.25, 0.3) is 0 Å². The van der Waals surface area contributed by atoms with Crippen LogP contribution in [-0.4, -0.2) is 25.4 Å². The monoisotopic (exact) mass is 89.0 g/mol. The fraction of sp³-hybridized carbons (Fsp3) is 0. The van der Waals surface area contributed by atoms with Crippen LogP contribution in [0.25, 0.3) is 0 Å². The lowest BCUT2D eigenvalue weighted by atomic mass is 11.7. The Hall–Kier alpha value is 0.104. The van der Waals surface area contributed by atoms with Gasteiger partial charge in [0.05, 0.1) is 0 Å². The largest absolute Gasteiger partial charge is 0.321 e. The summed E-state index contributed by atoms with van der Waals surface area (Å²) >= 11 is 0. The van der Waals surface area contributed by atoms with Gasteiger partial charge in [0.1, 0.15) is 0 Å². The Bertz CT molecular complexity index is 29.0. The van der Waals surface area contributed by atoms with Crippen molar-refractivity contribution < 1.29 is 0 Å². The van der Waals surface area contributed by atoms with E-state index < -0.39 is 0 Å². The van der Waals surface area contributed by atoms with E-state index in [1.54, 1.807) is 0 Å². The number of rotatable bonds is 0. The number of nitrogens with one attached hydrogen (secondary N) is 1. The van der Waals surface area contributed by atoms with Gasteiger partial charge in [-0.15, -0.1) is 0 Å². The smallest absolute Gasteiger partial charge is 0.0491 e. The average Bonchev–Trinajstić information content (AvgIpc) is 0.811. The van der Waals surface area contributed by atoms with Crippen LogP contribution in [-0.2, 0) is 0 Å². The molecule has 0 aromatic heterocycles. The lowest BCUT2D eigenvalue weighted by molar-refractivity contribution is 1.59. The lowest BCUT2D eigenvalue weighted by Gasteiger charge is -1.62. The van der Waals surface area contributed by atoms with E-state index in [0.29, 0.717) is 0 Å². The maximum absolute atomic E-state index is 6.62. The molecule has 1 N–H and O–H groups in total. The summed E-state index contributed by atoms with van der Waals surface area (Å²) in [4.78, 5) is 0.944. The summed E-state index contributed by atoms with van der Waals surface area (Å²) in [5, 5.41) is 6.62. The summed E-state index contributed by atoms with van der Waals surface area (Å²) in [6.07, 6.45) is 0. The molecule has 0 saturated heterocycles. The average molecular weight is 89.2 g/mol. The van der Waals surface area contributed by atoms with Gasteiger partial charge in [0.15, 0.2) is 0 Å². The Morgan fingerprint density at radius 1 is 1.50 bits per heavy atom. The highest BCUT2D eigenvalue weighted by Crippen LogP contribution is 1.31. The van der Waals surface area contributed by atoms with E-state index in [1.807, 2.05) is 0 Å². The van der Waals surface area contributed by atoms with Gasteiger partial charge in [-0.1, -0.05) is 0 Å². The first kappa shape index (κ1) is 4.10. The van der Waals surface area contributed by atoms with Crippen LogP contribution in [0, 0.1) is 5.41 Å². The fourth-order valence-corrected chi connectivity index (χ4v) is 0. The highest BCUT2D eigenvalue weighted by molar-refractivity contribution is 6.88. The van der Waals surface area contributed by atoms with Crippen LogP contribution in [0.5, 0.6) is 0 Å². The number of hydrogen-bond acceptors (Lipinski definition) is 1. The summed E-state index contributed by atoms with van der Waals surface area (Å²) in [7, 11) is 1.99. The molecule has 0 heterocycles. The van der Waals surface area contributed by atoms with Crippen LogP contribution in [0.15, 0.2) is 0 Å². The van der Waals surface area contributed by atoms with Gasteiger partial charge in [-0.2, -0.15) is 0 Å². The van der Waals surface area contributed by atoms with Crippen molar-refractivity contribution in [1.29, 1.82) is 5.41 Å². The molecule has 0 aliphatic rings. The highest BCUT2D eigenvalue weighted by atomic mass is 28.2. The van der Waals surface area contributed by atoms with Gasteiger partial charge in [-0.25, -0.2) is 0 Å². The molecular formula is CH7NSi2. The van der Waals surface area contributed by atoms with Gasteiger partial charge in [-0.05, 0) is 4.96 Å². The molecule has 0 fully saturated rings. The van der Waals surface area contributed by atoms with Crippen molar-refractivity contribution in [2.24, 2.45) is 0 Å². The third kappa shape index (κ3) is 238. The predicted octanol–water partition coefficient (Wildman–Crippen LogP) is -2.35. The highest BCUT2D eigenvalue weighted by Gasteiger charge is 1.56. The molecule has 0 atom stereocenters. The molecule has 0 aromatic rings. The van der Waals surface area contributed by atoms with Crippen LogP contribution in [0.4, 0.5) is 0 Å². The molecule has 4 heavy (non-hydrogen) atoms. The molecule has 0 radical (unpaired) electrons. The third-order valence-corrected chi connectivity index (χ3v) is 0. The van der Waals surface area contributed by atoms with Crippen LogP contribution in [0.3, 0.4) is 0 Å². The van der Waals surface area contributed by atoms with Crippen molar-refractivity contribution in [2.75, 3.05) is 0 Å². The van der Waals surface area contributed by atoms with Crippen molar-refractivity contribution >= 4 is 25.4 Å². The minimum absolute atomic E-state index is 0.944. The molecule has 0 bridgehead atoms. The SMILES string of the molecule is N=C([SiH3])[SiH3]. The Labute approximate surface area is 31.8 Å². The van der Waals surface area contributed by atoms with Gasteiger partial charge in [-0.3, -0.25) is 0 Å². The summed E-state index contributed by atoms with van der Waals surface area (Å²) in [5.41, 5.74) is 0. The summed E-state index contributed by atoms with van der Waals surface area (Å²) in [6.45, 7) is 0. The van der Waals surface area contributed by atoms with Gasteiger partial charge >= 0.3 is 0 Å². The number of hydrogen-bond donors (Lipinski definition) is 1. The molecule has 0 saturated carbocycles. The normalized spacial score (nSPS) is 8.00. The molecule has 0 amide bonds. The van der Waals surface area contributed by atoms with Gasteiger partial charge in [0, 0.05) is 20.5 Å². The van der Waals surface area contributed by atoms with Crippen LogP contribution in [0.2, 0.25) is 0 Å². The molecule has 0 rings (SSSR count). The van der Waals surface area contributed by atoms with Crippen molar-refractivity contribution in [3.8, 4) is 0 Å². The molecule has 0 aliphatic heterocycles. The van der Waals surface area contributed by atoms with E-state index in [1.165, 1.54) is 0 Å². The summed E-state index contributed by atoms with van der Waals surface area (Å²) in [6, 6.07) is 0. The second kappa shape index (κ2) is 1.43. The van der Waals surface area contributed by atoms with E-state index in [2.05, 4.69) is 0 Å². The van der Waals surface area contributed by atoms with Gasteiger partial charge in [0.2, 0.25) is 0 Å².